The van der Waals surface area contributed by atoms with Gasteiger partial charge in [0.05, 0.1) is 6.04 Å². The molecule has 2 nitrogen and oxygen atoms in total. The van der Waals surface area contributed by atoms with E-state index in [9.17, 15) is 0 Å². The smallest absolute Gasteiger partial charge is 0.0624 e. The third-order valence-electron chi connectivity index (χ3n) is 2.74. The Bertz CT molecular complexity index is 348. The van der Waals surface area contributed by atoms with Gasteiger partial charge in [0, 0.05) is 12.8 Å². The Morgan fingerprint density at radius 2 is 2.12 bits per heavy atom. The van der Waals surface area contributed by atoms with Gasteiger partial charge in [-0.3, -0.25) is 4.99 Å². The average Bonchev–Trinajstić information content (AvgIpc) is 2.37. The minimum Gasteiger partial charge on any atom is -0.315 e. The van der Waals surface area contributed by atoms with E-state index in [2.05, 4.69) is 28.5 Å². The Morgan fingerprint density at radius 3 is 2.88 bits per heavy atom. The van der Waals surface area contributed by atoms with Gasteiger partial charge in [0.2, 0.25) is 0 Å². The monoisotopic (exact) mass is 214 g/mol. The normalized spacial score (nSPS) is 21.9. The molecule has 1 aliphatic heterocycles. The lowest BCUT2D eigenvalue weighted by Gasteiger charge is -2.18. The summed E-state index contributed by atoms with van der Waals surface area (Å²) in [6, 6.07) is 10.8. The van der Waals surface area contributed by atoms with Crippen LogP contribution >= 0.6 is 0 Å². The molecule has 1 aliphatic rings. The van der Waals surface area contributed by atoms with Crippen LogP contribution in [0.2, 0.25) is 0 Å². The van der Waals surface area contributed by atoms with Crippen LogP contribution in [0.15, 0.2) is 41.4 Å². The number of nitrogens with zero attached hydrogens (tertiary/aromatic N) is 1. The van der Waals surface area contributed by atoms with E-state index in [1.54, 1.807) is 0 Å². The van der Waals surface area contributed by atoms with Crippen molar-refractivity contribution in [2.24, 2.45) is 4.99 Å². The SMILES string of the molecule is C(=Cc1ccccc1)C=N[C@@H]1CCCNC1. The van der Waals surface area contributed by atoms with Crippen molar-refractivity contribution in [2.75, 3.05) is 13.1 Å². The number of hydrogen-bond acceptors (Lipinski definition) is 2. The van der Waals surface area contributed by atoms with Crippen LogP contribution in [-0.2, 0) is 0 Å². The van der Waals surface area contributed by atoms with Gasteiger partial charge >= 0.3 is 0 Å². The van der Waals surface area contributed by atoms with Crippen molar-refractivity contribution in [3.8, 4) is 0 Å². The first-order valence-electron chi connectivity index (χ1n) is 5.91. The van der Waals surface area contributed by atoms with Crippen molar-refractivity contribution in [3.05, 3.63) is 42.0 Å². The molecule has 1 aromatic rings. The fourth-order valence-electron chi connectivity index (χ4n) is 1.85. The molecule has 0 aliphatic carbocycles. The highest BCUT2D eigenvalue weighted by atomic mass is 14.9. The lowest BCUT2D eigenvalue weighted by Crippen LogP contribution is -2.32. The van der Waals surface area contributed by atoms with Crippen LogP contribution in [0.25, 0.3) is 6.08 Å². The van der Waals surface area contributed by atoms with E-state index < -0.39 is 0 Å². The number of hydrogen-bond donors (Lipinski definition) is 1. The van der Waals surface area contributed by atoms with Gasteiger partial charge in [-0.1, -0.05) is 36.4 Å². The topological polar surface area (TPSA) is 24.4 Å². The van der Waals surface area contributed by atoms with Crippen molar-refractivity contribution in [2.45, 2.75) is 18.9 Å². The van der Waals surface area contributed by atoms with Gasteiger partial charge in [0.15, 0.2) is 0 Å². The molecule has 84 valence electrons. The zero-order valence-electron chi connectivity index (χ0n) is 9.47. The zero-order valence-corrected chi connectivity index (χ0v) is 9.47. The minimum atomic E-state index is 0.467. The lowest BCUT2D eigenvalue weighted by atomic mass is 10.1. The summed E-state index contributed by atoms with van der Waals surface area (Å²) in [5.41, 5.74) is 1.22. The Morgan fingerprint density at radius 1 is 1.25 bits per heavy atom. The largest absolute Gasteiger partial charge is 0.315 e. The first-order chi connectivity index (χ1) is 7.95. The number of rotatable bonds is 3. The van der Waals surface area contributed by atoms with Crippen LogP contribution in [0.4, 0.5) is 0 Å². The van der Waals surface area contributed by atoms with E-state index in [0.717, 1.165) is 13.1 Å². The first-order valence-corrected chi connectivity index (χ1v) is 5.91. The van der Waals surface area contributed by atoms with Crippen molar-refractivity contribution in [1.82, 2.24) is 5.32 Å². The van der Waals surface area contributed by atoms with Gasteiger partial charge in [-0.05, 0) is 31.0 Å². The summed E-state index contributed by atoms with van der Waals surface area (Å²) in [6.45, 7) is 2.17. The van der Waals surface area contributed by atoms with Gasteiger partial charge in [0.1, 0.15) is 0 Å². The quantitative estimate of drug-likeness (QED) is 0.768. The number of nitrogens with one attached hydrogen (secondary N) is 1. The summed E-state index contributed by atoms with van der Waals surface area (Å²) >= 11 is 0. The molecule has 0 radical (unpaired) electrons. The summed E-state index contributed by atoms with van der Waals surface area (Å²) in [5, 5.41) is 3.36. The molecule has 2 rings (SSSR count). The van der Waals surface area contributed by atoms with E-state index in [0.29, 0.717) is 6.04 Å². The molecule has 1 N–H and O–H groups in total. The van der Waals surface area contributed by atoms with Crippen molar-refractivity contribution < 1.29 is 0 Å². The highest BCUT2D eigenvalue weighted by Crippen LogP contribution is 2.05. The number of aliphatic imine (C=N–C) groups is 1. The van der Waals surface area contributed by atoms with Gasteiger partial charge in [0.25, 0.3) is 0 Å². The van der Waals surface area contributed by atoms with E-state index >= 15 is 0 Å². The standard InChI is InChI=1S/C14H18N2/c1-2-6-13(7-3-1)8-4-11-16-14-9-5-10-15-12-14/h1-4,6-8,11,14-15H,5,9-10,12H2/t14-/m1/s1. The van der Waals surface area contributed by atoms with Crippen LogP contribution in [0.5, 0.6) is 0 Å². The molecular formula is C14H18N2. The maximum Gasteiger partial charge on any atom is 0.0624 e. The van der Waals surface area contributed by atoms with Gasteiger partial charge in [-0.25, -0.2) is 0 Å². The molecule has 1 heterocycles. The molecule has 0 unspecified atom stereocenters. The molecule has 1 atom stereocenters. The molecule has 0 aromatic heterocycles. The van der Waals surface area contributed by atoms with Crippen LogP contribution in [-0.4, -0.2) is 25.3 Å². The molecule has 0 amide bonds. The maximum atomic E-state index is 4.52. The van der Waals surface area contributed by atoms with Crippen molar-refractivity contribution in [3.63, 3.8) is 0 Å². The Kier molecular flexibility index (Phi) is 4.32. The molecule has 1 saturated heterocycles. The number of benzene rings is 1. The zero-order chi connectivity index (χ0) is 11.1. The molecule has 0 spiro atoms. The van der Waals surface area contributed by atoms with Crippen LogP contribution in [0.1, 0.15) is 18.4 Å². The first kappa shape index (κ1) is 11.1. The molecule has 2 heteroatoms. The highest BCUT2D eigenvalue weighted by Gasteiger charge is 2.09. The predicted molar refractivity (Wildman–Crippen MR) is 69.9 cm³/mol. The summed E-state index contributed by atoms with van der Waals surface area (Å²) in [5.74, 6) is 0. The van der Waals surface area contributed by atoms with E-state index in [1.807, 2.05) is 30.5 Å². The molecule has 1 fully saturated rings. The summed E-state index contributed by atoms with van der Waals surface area (Å²) in [7, 11) is 0. The fourth-order valence-corrected chi connectivity index (χ4v) is 1.85. The Balaban J connectivity index is 1.82. The summed E-state index contributed by atoms with van der Waals surface area (Å²) in [6.07, 6.45) is 8.47. The van der Waals surface area contributed by atoms with Gasteiger partial charge in [-0.15, -0.1) is 0 Å². The number of piperidine rings is 1. The minimum absolute atomic E-state index is 0.467. The summed E-state index contributed by atoms with van der Waals surface area (Å²) in [4.78, 5) is 4.52. The van der Waals surface area contributed by atoms with Crippen molar-refractivity contribution in [1.29, 1.82) is 0 Å². The lowest BCUT2D eigenvalue weighted by molar-refractivity contribution is 0.462. The second kappa shape index (κ2) is 6.23. The number of allylic oxidation sites excluding steroid dienone is 1. The van der Waals surface area contributed by atoms with Gasteiger partial charge in [-0.2, -0.15) is 0 Å². The molecule has 0 saturated carbocycles. The maximum absolute atomic E-state index is 4.52. The van der Waals surface area contributed by atoms with Gasteiger partial charge < -0.3 is 5.32 Å². The van der Waals surface area contributed by atoms with E-state index in [1.165, 1.54) is 18.4 Å². The van der Waals surface area contributed by atoms with Crippen molar-refractivity contribution >= 4 is 12.3 Å². The predicted octanol–water partition coefficient (Wildman–Crippen LogP) is 2.52. The molecule has 1 aromatic carbocycles. The van der Waals surface area contributed by atoms with E-state index in [-0.39, 0.29) is 0 Å². The second-order valence-corrected chi connectivity index (χ2v) is 4.07. The van der Waals surface area contributed by atoms with Crippen LogP contribution in [0, 0.1) is 0 Å². The fraction of sp³-hybridized carbons (Fsp3) is 0.357. The Labute approximate surface area is 97.1 Å². The van der Waals surface area contributed by atoms with E-state index in [4.69, 9.17) is 0 Å². The third-order valence-corrected chi connectivity index (χ3v) is 2.74. The summed E-state index contributed by atoms with van der Waals surface area (Å²) < 4.78 is 0. The Hall–Kier alpha value is -1.41. The molecular weight excluding hydrogens is 196 g/mol. The second-order valence-electron chi connectivity index (χ2n) is 4.07. The van der Waals surface area contributed by atoms with Crippen LogP contribution < -0.4 is 5.32 Å². The third kappa shape index (κ3) is 3.63. The van der Waals surface area contributed by atoms with Crippen LogP contribution in [0.3, 0.4) is 0 Å². The highest BCUT2D eigenvalue weighted by molar-refractivity contribution is 5.78. The average molecular weight is 214 g/mol. The molecule has 16 heavy (non-hydrogen) atoms. The molecule has 0 bridgehead atoms.